The minimum atomic E-state index is 0.195. The first-order chi connectivity index (χ1) is 10.2. The van der Waals surface area contributed by atoms with Gasteiger partial charge in [-0.3, -0.25) is 0 Å². The Morgan fingerprint density at radius 3 is 2.67 bits per heavy atom. The van der Waals surface area contributed by atoms with Gasteiger partial charge in [-0.15, -0.1) is 5.10 Å². The predicted octanol–water partition coefficient (Wildman–Crippen LogP) is 3.21. The number of aromatic nitrogens is 4. The molecule has 1 N–H and O–H groups in total. The molecule has 0 radical (unpaired) electrons. The third-order valence-electron chi connectivity index (χ3n) is 2.99. The van der Waals surface area contributed by atoms with Crippen LogP contribution < -0.4 is 0 Å². The number of H-pyrrole nitrogens is 1. The van der Waals surface area contributed by atoms with Gasteiger partial charge in [-0.25, -0.2) is 4.98 Å². The molecule has 0 bridgehead atoms. The maximum Gasteiger partial charge on any atom is 0.226 e. The van der Waals surface area contributed by atoms with Crippen molar-refractivity contribution < 1.29 is 4.42 Å². The van der Waals surface area contributed by atoms with Crippen LogP contribution in [0.1, 0.15) is 18.4 Å². The maximum atomic E-state index is 9.04. The van der Waals surface area contributed by atoms with E-state index < -0.39 is 0 Å². The van der Waals surface area contributed by atoms with Gasteiger partial charge < -0.3 is 4.42 Å². The summed E-state index contributed by atoms with van der Waals surface area (Å²) in [5, 5.41) is 19.9. The zero-order chi connectivity index (χ0) is 14.8. The molecular weight excluding hydrogens is 290 g/mol. The van der Waals surface area contributed by atoms with Crippen molar-refractivity contribution in [3.63, 3.8) is 0 Å². The van der Waals surface area contributed by atoms with E-state index in [2.05, 4.69) is 20.4 Å². The minimum Gasteiger partial charge on any atom is -0.440 e. The van der Waals surface area contributed by atoms with Crippen molar-refractivity contribution in [1.82, 2.24) is 20.4 Å². The average molecular weight is 300 g/mol. The first-order valence-electron chi connectivity index (χ1n) is 6.29. The summed E-state index contributed by atoms with van der Waals surface area (Å²) in [4.78, 5) is 4.45. The Hall–Kier alpha value is -2.65. The Balaban J connectivity index is 2.11. The summed E-state index contributed by atoms with van der Waals surface area (Å²) in [5.41, 5.74) is 1.94. The summed E-state index contributed by atoms with van der Waals surface area (Å²) >= 11 is 5.87. The predicted molar refractivity (Wildman–Crippen MR) is 76.4 cm³/mol. The number of aromatic amines is 1. The van der Waals surface area contributed by atoms with E-state index in [9.17, 15) is 0 Å². The summed E-state index contributed by atoms with van der Waals surface area (Å²) in [7, 11) is 0. The highest BCUT2D eigenvalue weighted by Gasteiger charge is 2.20. The fourth-order valence-electron chi connectivity index (χ4n) is 1.97. The Labute approximate surface area is 125 Å². The van der Waals surface area contributed by atoms with Gasteiger partial charge >= 0.3 is 0 Å². The highest BCUT2D eigenvalue weighted by Crippen LogP contribution is 2.29. The van der Waals surface area contributed by atoms with Gasteiger partial charge in [0.1, 0.15) is 17.5 Å². The van der Waals surface area contributed by atoms with Gasteiger partial charge in [-0.05, 0) is 24.3 Å². The van der Waals surface area contributed by atoms with Crippen LogP contribution in [0.5, 0.6) is 0 Å². The summed E-state index contributed by atoms with van der Waals surface area (Å²) in [6, 6.07) is 9.16. The lowest BCUT2D eigenvalue weighted by atomic mass is 10.2. The first kappa shape index (κ1) is 13.3. The SMILES string of the molecule is CCc1oc(-c2ccc(Cl)cc2)nc1-c1n[nH]nc1C#N. The summed E-state index contributed by atoms with van der Waals surface area (Å²) < 4.78 is 5.77. The molecule has 0 atom stereocenters. The fourth-order valence-corrected chi connectivity index (χ4v) is 2.09. The Morgan fingerprint density at radius 1 is 1.24 bits per heavy atom. The van der Waals surface area contributed by atoms with Crippen LogP contribution in [0.4, 0.5) is 0 Å². The third-order valence-corrected chi connectivity index (χ3v) is 3.24. The van der Waals surface area contributed by atoms with Crippen molar-refractivity contribution in [1.29, 1.82) is 5.26 Å². The van der Waals surface area contributed by atoms with Gasteiger partial charge in [0.25, 0.3) is 0 Å². The molecule has 3 rings (SSSR count). The van der Waals surface area contributed by atoms with Gasteiger partial charge in [0.05, 0.1) is 0 Å². The van der Waals surface area contributed by atoms with Crippen molar-refractivity contribution >= 4 is 11.6 Å². The molecular formula is C14H10ClN5O. The van der Waals surface area contributed by atoms with E-state index in [0.717, 1.165) is 5.56 Å². The lowest BCUT2D eigenvalue weighted by Gasteiger charge is -1.94. The molecule has 0 aliphatic heterocycles. The number of hydrogen-bond donors (Lipinski definition) is 1. The van der Waals surface area contributed by atoms with E-state index in [-0.39, 0.29) is 5.69 Å². The highest BCUT2D eigenvalue weighted by atomic mass is 35.5. The third kappa shape index (κ3) is 2.39. The maximum absolute atomic E-state index is 9.04. The second-order valence-corrected chi connectivity index (χ2v) is 4.72. The standard InChI is InChI=1S/C14H10ClN5O/c1-2-11-13(12-10(7-16)18-20-19-12)17-14(21-11)8-3-5-9(15)6-4-8/h3-6H,2H2,1H3,(H,18,19,20). The van der Waals surface area contributed by atoms with Crippen molar-refractivity contribution in [2.45, 2.75) is 13.3 Å². The topological polar surface area (TPSA) is 91.4 Å². The van der Waals surface area contributed by atoms with Crippen LogP contribution in [0.2, 0.25) is 5.02 Å². The molecule has 0 saturated heterocycles. The molecule has 7 heteroatoms. The van der Waals surface area contributed by atoms with Crippen LogP contribution in [-0.2, 0) is 6.42 Å². The Kier molecular flexibility index (Phi) is 3.42. The monoisotopic (exact) mass is 299 g/mol. The van der Waals surface area contributed by atoms with Crippen molar-refractivity contribution in [3.8, 4) is 28.9 Å². The molecule has 0 fully saturated rings. The second-order valence-electron chi connectivity index (χ2n) is 4.28. The Bertz CT molecular complexity index is 813. The largest absolute Gasteiger partial charge is 0.440 e. The van der Waals surface area contributed by atoms with Crippen LogP contribution in [0.15, 0.2) is 28.7 Å². The zero-order valence-electron chi connectivity index (χ0n) is 11.1. The van der Waals surface area contributed by atoms with Gasteiger partial charge in [0.15, 0.2) is 11.4 Å². The van der Waals surface area contributed by atoms with Gasteiger partial charge in [-0.2, -0.15) is 15.6 Å². The van der Waals surface area contributed by atoms with Crippen molar-refractivity contribution in [2.75, 3.05) is 0 Å². The summed E-state index contributed by atoms with van der Waals surface area (Å²) in [5.74, 6) is 1.12. The molecule has 0 amide bonds. The van der Waals surface area contributed by atoms with Gasteiger partial charge in [-0.1, -0.05) is 18.5 Å². The van der Waals surface area contributed by atoms with Crippen LogP contribution in [0, 0.1) is 11.3 Å². The van der Waals surface area contributed by atoms with E-state index in [4.69, 9.17) is 21.3 Å². The number of hydrogen-bond acceptors (Lipinski definition) is 5. The van der Waals surface area contributed by atoms with E-state index in [1.807, 2.05) is 25.1 Å². The first-order valence-corrected chi connectivity index (χ1v) is 6.67. The Morgan fingerprint density at radius 2 is 2.00 bits per heavy atom. The minimum absolute atomic E-state index is 0.195. The van der Waals surface area contributed by atoms with E-state index in [1.54, 1.807) is 12.1 Å². The number of nitriles is 1. The molecule has 0 saturated carbocycles. The van der Waals surface area contributed by atoms with Crippen molar-refractivity contribution in [2.24, 2.45) is 0 Å². The number of halogens is 1. The van der Waals surface area contributed by atoms with E-state index >= 15 is 0 Å². The quantitative estimate of drug-likeness (QED) is 0.801. The molecule has 6 nitrogen and oxygen atoms in total. The molecule has 0 unspecified atom stereocenters. The van der Waals surface area contributed by atoms with Crippen molar-refractivity contribution in [3.05, 3.63) is 40.7 Å². The number of rotatable bonds is 3. The molecule has 2 aromatic heterocycles. The number of nitrogens with zero attached hydrogens (tertiary/aromatic N) is 4. The summed E-state index contributed by atoms with van der Waals surface area (Å²) in [6.07, 6.45) is 0.633. The molecule has 1 aromatic carbocycles. The number of oxazole rings is 1. The average Bonchev–Trinajstić information content (AvgIpc) is 3.13. The van der Waals surface area contributed by atoms with E-state index in [1.165, 1.54) is 0 Å². The number of benzene rings is 1. The second kappa shape index (κ2) is 5.38. The normalized spacial score (nSPS) is 10.5. The smallest absolute Gasteiger partial charge is 0.226 e. The molecule has 21 heavy (non-hydrogen) atoms. The van der Waals surface area contributed by atoms with Crippen LogP contribution >= 0.6 is 11.6 Å². The highest BCUT2D eigenvalue weighted by molar-refractivity contribution is 6.30. The summed E-state index contributed by atoms with van der Waals surface area (Å²) in [6.45, 7) is 1.95. The number of aryl methyl sites for hydroxylation is 1. The van der Waals surface area contributed by atoms with Crippen LogP contribution in [0.25, 0.3) is 22.8 Å². The lowest BCUT2D eigenvalue weighted by molar-refractivity contribution is 0.525. The fraction of sp³-hybridized carbons (Fsp3) is 0.143. The molecule has 3 aromatic rings. The molecule has 104 valence electrons. The lowest BCUT2D eigenvalue weighted by Crippen LogP contribution is -1.88. The molecule has 2 heterocycles. The molecule has 0 aliphatic carbocycles. The van der Waals surface area contributed by atoms with Crippen LogP contribution in [0.3, 0.4) is 0 Å². The van der Waals surface area contributed by atoms with Gasteiger partial charge in [0, 0.05) is 17.0 Å². The van der Waals surface area contributed by atoms with Gasteiger partial charge in [0.2, 0.25) is 5.89 Å². The molecule has 0 spiro atoms. The van der Waals surface area contributed by atoms with E-state index in [0.29, 0.717) is 34.5 Å². The number of nitrogens with one attached hydrogen (secondary N) is 1. The zero-order valence-corrected chi connectivity index (χ0v) is 11.8. The van der Waals surface area contributed by atoms with Crippen LogP contribution in [-0.4, -0.2) is 20.4 Å². The molecule has 0 aliphatic rings.